The van der Waals surface area contributed by atoms with Crippen LogP contribution in [0.3, 0.4) is 0 Å². The first kappa shape index (κ1) is 42.6. The molecule has 0 radical (unpaired) electrons. The molecular weight excluding hydrogens is 729 g/mol. The summed E-state index contributed by atoms with van der Waals surface area (Å²) in [5.74, 6) is 3.23. The molecule has 3 heterocycles. The van der Waals surface area contributed by atoms with Crippen molar-refractivity contribution in [2.45, 2.75) is 18.5 Å². The summed E-state index contributed by atoms with van der Waals surface area (Å²) >= 11 is 4.84. The average molecular weight is 781 g/mol. The molecule has 0 spiro atoms. The van der Waals surface area contributed by atoms with Gasteiger partial charge in [-0.1, -0.05) is 13.2 Å². The lowest BCUT2D eigenvalue weighted by Gasteiger charge is -2.31. The smallest absolute Gasteiger partial charge is 0.323 e. The third-order valence-electron chi connectivity index (χ3n) is 7.92. The van der Waals surface area contributed by atoms with Gasteiger partial charge >= 0.3 is 12.1 Å². The summed E-state index contributed by atoms with van der Waals surface area (Å²) < 4.78 is 0. The molecule has 17 nitrogen and oxygen atoms in total. The Morgan fingerprint density at radius 3 is 1.52 bits per heavy atom. The van der Waals surface area contributed by atoms with Crippen molar-refractivity contribution in [2.75, 3.05) is 87.4 Å². The molecule has 3 aliphatic rings. The van der Waals surface area contributed by atoms with Crippen molar-refractivity contribution in [2.24, 2.45) is 17.2 Å². The summed E-state index contributed by atoms with van der Waals surface area (Å²) in [6.45, 7) is 9.87. The van der Waals surface area contributed by atoms with E-state index in [0.717, 1.165) is 5.75 Å². The molecule has 9 N–H and O–H groups in total. The molecule has 0 aromatic heterocycles. The summed E-state index contributed by atoms with van der Waals surface area (Å²) in [4.78, 5) is 73.3. The molecule has 3 aliphatic heterocycles. The van der Waals surface area contributed by atoms with E-state index in [9.17, 15) is 24.0 Å². The Balaban J connectivity index is 1.49. The molecule has 3 rings (SSSR count). The van der Waals surface area contributed by atoms with Crippen LogP contribution in [-0.2, 0) is 14.4 Å². The van der Waals surface area contributed by atoms with Gasteiger partial charge in [0.2, 0.25) is 17.7 Å². The van der Waals surface area contributed by atoms with E-state index in [2.05, 4.69) is 29.1 Å². The number of thioether (sulfide) groups is 3. The third kappa shape index (κ3) is 14.3. The number of hydrogen-bond acceptors (Lipinski definition) is 13. The second-order valence-electron chi connectivity index (χ2n) is 11.7. The van der Waals surface area contributed by atoms with E-state index in [1.807, 2.05) is 6.26 Å². The number of nitrogens with zero attached hydrogens (tertiary/aromatic N) is 6. The van der Waals surface area contributed by atoms with Crippen LogP contribution in [0.15, 0.2) is 62.0 Å². The zero-order chi connectivity index (χ0) is 38.0. The minimum Gasteiger partial charge on any atom is -0.353 e. The maximum atomic E-state index is 13.4. The first-order valence-corrected chi connectivity index (χ1v) is 20.4. The number of carbonyl (C=O) groups excluding carboxylic acids is 5. The van der Waals surface area contributed by atoms with Crippen molar-refractivity contribution in [1.29, 1.82) is 0 Å². The van der Waals surface area contributed by atoms with Gasteiger partial charge in [0.25, 0.3) is 0 Å². The van der Waals surface area contributed by atoms with Gasteiger partial charge in [0.15, 0.2) is 0 Å². The monoisotopic (exact) mass is 780 g/mol. The van der Waals surface area contributed by atoms with Crippen LogP contribution in [0.25, 0.3) is 0 Å². The number of amides is 7. The number of hydrogen-bond donors (Lipinski definition) is 6. The molecule has 20 heteroatoms. The molecule has 0 aromatic rings. The largest absolute Gasteiger partial charge is 0.353 e. The van der Waals surface area contributed by atoms with Gasteiger partial charge in [0.05, 0.1) is 24.3 Å². The van der Waals surface area contributed by atoms with E-state index >= 15 is 0 Å². The van der Waals surface area contributed by atoms with Crippen molar-refractivity contribution in [1.82, 2.24) is 45.3 Å². The molecule has 52 heavy (non-hydrogen) atoms. The highest BCUT2D eigenvalue weighted by molar-refractivity contribution is 7.99. The summed E-state index contributed by atoms with van der Waals surface area (Å²) in [5, 5.41) is 8.13. The molecule has 0 fully saturated rings. The Morgan fingerprint density at radius 2 is 1.10 bits per heavy atom. The lowest BCUT2D eigenvalue weighted by molar-refractivity contribution is -0.131. The number of urea groups is 2. The highest BCUT2D eigenvalue weighted by atomic mass is 32.2. The van der Waals surface area contributed by atoms with Crippen LogP contribution in [0.4, 0.5) is 9.59 Å². The normalized spacial score (nSPS) is 19.6. The van der Waals surface area contributed by atoms with E-state index in [0.29, 0.717) is 61.6 Å². The van der Waals surface area contributed by atoms with Crippen LogP contribution >= 0.6 is 35.3 Å². The van der Waals surface area contributed by atoms with Gasteiger partial charge < -0.3 is 52.8 Å². The first-order chi connectivity index (χ1) is 24.9. The van der Waals surface area contributed by atoms with Crippen LogP contribution in [0.2, 0.25) is 0 Å². The van der Waals surface area contributed by atoms with Crippen LogP contribution in [0, 0.1) is 0 Å². The SMILES string of the molecule is C=CN(CCSCCN(CCSCCN(CCSC)C(=O)CN1C=CC(N)NC1=O)C(=O)CN1C=CC(N)NC1=O)C(=O)CN1C=CC(N)NC1=C. The summed E-state index contributed by atoms with van der Waals surface area (Å²) in [6.07, 6.45) is 11.7. The topological polar surface area (TPSA) is 219 Å². The van der Waals surface area contributed by atoms with E-state index in [1.54, 1.807) is 79.3 Å². The Bertz CT molecular complexity index is 1370. The molecule has 0 aromatic carbocycles. The van der Waals surface area contributed by atoms with Gasteiger partial charge in [-0.3, -0.25) is 24.2 Å². The number of carbonyl (C=O) groups is 5. The third-order valence-corrected chi connectivity index (χ3v) is 10.4. The van der Waals surface area contributed by atoms with Crippen molar-refractivity contribution in [3.63, 3.8) is 0 Å². The molecule has 288 valence electrons. The Labute approximate surface area is 318 Å². The molecule has 0 saturated heterocycles. The maximum Gasteiger partial charge on any atom is 0.323 e. The molecule has 3 unspecified atom stereocenters. The first-order valence-electron chi connectivity index (χ1n) is 16.7. The number of nitrogens with one attached hydrogen (secondary N) is 3. The second-order valence-corrected chi connectivity index (χ2v) is 15.2. The molecule has 7 amide bonds. The highest BCUT2D eigenvalue weighted by Crippen LogP contribution is 2.12. The summed E-state index contributed by atoms with van der Waals surface area (Å²) in [7, 11) is 0. The predicted octanol–water partition coefficient (Wildman–Crippen LogP) is -0.733. The maximum absolute atomic E-state index is 13.4. The lowest BCUT2D eigenvalue weighted by Crippen LogP contribution is -2.52. The van der Waals surface area contributed by atoms with Crippen LogP contribution in [0.5, 0.6) is 0 Å². The average Bonchev–Trinajstić information content (AvgIpc) is 3.10. The van der Waals surface area contributed by atoms with Gasteiger partial charge in [-0.2, -0.15) is 35.3 Å². The van der Waals surface area contributed by atoms with E-state index in [4.69, 9.17) is 17.2 Å². The van der Waals surface area contributed by atoms with Crippen molar-refractivity contribution in [3.8, 4) is 0 Å². The van der Waals surface area contributed by atoms with Gasteiger partial charge in [-0.25, -0.2) is 9.59 Å². The fourth-order valence-corrected chi connectivity index (χ4v) is 7.13. The zero-order valence-electron chi connectivity index (χ0n) is 29.6. The molecule has 0 saturated carbocycles. The van der Waals surface area contributed by atoms with Crippen LogP contribution in [0.1, 0.15) is 0 Å². The van der Waals surface area contributed by atoms with Crippen molar-refractivity contribution >= 4 is 65.1 Å². The standard InChI is InChI=1S/C32H52N12O5S3/c1-4-39(28(45)21-42-8-5-25(33)36-24(42)2)12-17-51-19-14-41(30(47)23-44-10-7-27(35)38-32(44)49)15-20-52-18-13-40(11-16-50-3)29(46)22-43-9-6-26(34)37-31(43)48/h4-10,25-27,36H,1-2,11-23,33-35H2,3H3,(H,37,48)(H,38,49). The fraction of sp³-hybridized carbons (Fsp3) is 0.531. The van der Waals surface area contributed by atoms with Gasteiger partial charge in [-0.05, 0) is 30.7 Å². The van der Waals surface area contributed by atoms with Crippen LogP contribution in [-0.4, -0.2) is 165 Å². The summed E-state index contributed by atoms with van der Waals surface area (Å²) in [5.41, 5.74) is 17.3. The van der Waals surface area contributed by atoms with Gasteiger partial charge in [-0.15, -0.1) is 0 Å². The summed E-state index contributed by atoms with van der Waals surface area (Å²) in [6, 6.07) is -0.864. The van der Waals surface area contributed by atoms with Gasteiger partial charge in [0, 0.05) is 80.1 Å². The molecular formula is C32H52N12O5S3. The van der Waals surface area contributed by atoms with Crippen LogP contribution < -0.4 is 33.2 Å². The fourth-order valence-electron chi connectivity index (χ4n) is 4.94. The number of rotatable bonds is 22. The van der Waals surface area contributed by atoms with Crippen molar-refractivity contribution in [3.05, 3.63) is 62.0 Å². The second kappa shape index (κ2) is 22.3. The van der Waals surface area contributed by atoms with E-state index < -0.39 is 24.4 Å². The highest BCUT2D eigenvalue weighted by Gasteiger charge is 2.25. The molecule has 0 aliphatic carbocycles. The zero-order valence-corrected chi connectivity index (χ0v) is 32.0. The van der Waals surface area contributed by atoms with E-state index in [1.165, 1.54) is 28.4 Å². The molecule has 3 atom stereocenters. The predicted molar refractivity (Wildman–Crippen MR) is 209 cm³/mol. The molecule has 0 bridgehead atoms. The Morgan fingerprint density at radius 1 is 0.692 bits per heavy atom. The lowest BCUT2D eigenvalue weighted by atomic mass is 10.3. The Hall–Kier alpha value is -3.82. The minimum absolute atomic E-state index is 0.0840. The quantitative estimate of drug-likeness (QED) is 0.0748. The van der Waals surface area contributed by atoms with Crippen molar-refractivity contribution < 1.29 is 24.0 Å². The number of nitrogens with two attached hydrogens (primary N) is 3. The van der Waals surface area contributed by atoms with Gasteiger partial charge in [0.1, 0.15) is 19.6 Å². The Kier molecular flexibility index (Phi) is 18.3. The minimum atomic E-state index is -0.607. The van der Waals surface area contributed by atoms with E-state index in [-0.39, 0.29) is 43.5 Å².